The van der Waals surface area contributed by atoms with Crippen LogP contribution >= 0.6 is 24.0 Å². The molecule has 0 saturated carbocycles. The molecule has 142 valence electrons. The zero-order valence-electron chi connectivity index (χ0n) is 15.8. The van der Waals surface area contributed by atoms with Gasteiger partial charge in [0.2, 0.25) is 0 Å². The molecule has 1 aromatic rings. The van der Waals surface area contributed by atoms with E-state index in [0.29, 0.717) is 18.8 Å². The van der Waals surface area contributed by atoms with Gasteiger partial charge in [-0.3, -0.25) is 4.79 Å². The Labute approximate surface area is 168 Å². The molecule has 0 atom stereocenters. The quantitative estimate of drug-likeness (QED) is 0.331. The number of hydrogen-bond donors (Lipinski definition) is 3. The highest BCUT2D eigenvalue weighted by Crippen LogP contribution is 2.14. The summed E-state index contributed by atoms with van der Waals surface area (Å²) in [6.07, 6.45) is 0. The maximum atomic E-state index is 11.4. The van der Waals surface area contributed by atoms with Gasteiger partial charge in [0.1, 0.15) is 5.75 Å². The average Bonchev–Trinajstić information content (AvgIpc) is 2.50. The average molecular weight is 462 g/mol. The molecule has 1 aromatic carbocycles. The molecule has 3 N–H and O–H groups in total. The van der Waals surface area contributed by atoms with Crippen LogP contribution in [0.2, 0.25) is 0 Å². The number of benzene rings is 1. The van der Waals surface area contributed by atoms with Crippen molar-refractivity contribution in [2.75, 3.05) is 19.7 Å². The minimum Gasteiger partial charge on any atom is -0.484 e. The Hall–Kier alpha value is -1.51. The van der Waals surface area contributed by atoms with Crippen molar-refractivity contribution in [3.63, 3.8) is 0 Å². The van der Waals surface area contributed by atoms with Crippen molar-refractivity contribution in [1.29, 1.82) is 0 Å². The minimum absolute atomic E-state index is 0. The first kappa shape index (κ1) is 23.5. The van der Waals surface area contributed by atoms with E-state index in [9.17, 15) is 4.79 Å². The number of likely N-dealkylation sites (N-methyl/N-ethyl adjacent to an activating group) is 1. The number of rotatable bonds is 7. The highest BCUT2D eigenvalue weighted by atomic mass is 127. The van der Waals surface area contributed by atoms with E-state index in [-0.39, 0.29) is 42.0 Å². The lowest BCUT2D eigenvalue weighted by atomic mass is 10.1. The monoisotopic (exact) mass is 462 g/mol. The summed E-state index contributed by atoms with van der Waals surface area (Å²) in [5.74, 6) is 1.33. The predicted octanol–water partition coefficient (Wildman–Crippen LogP) is 2.67. The summed E-state index contributed by atoms with van der Waals surface area (Å²) >= 11 is 0. The van der Waals surface area contributed by atoms with Crippen molar-refractivity contribution in [1.82, 2.24) is 16.0 Å². The molecule has 6 nitrogen and oxygen atoms in total. The second-order valence-corrected chi connectivity index (χ2v) is 6.46. The number of guanidine groups is 1. The number of ether oxygens (including phenoxy) is 1. The summed E-state index contributed by atoms with van der Waals surface area (Å²) in [7, 11) is 0. The number of hydrogen-bond acceptors (Lipinski definition) is 3. The summed E-state index contributed by atoms with van der Waals surface area (Å²) in [5, 5.41) is 9.29. The van der Waals surface area contributed by atoms with E-state index in [4.69, 9.17) is 4.74 Å². The lowest BCUT2D eigenvalue weighted by Crippen LogP contribution is -2.47. The van der Waals surface area contributed by atoms with E-state index in [0.717, 1.165) is 18.1 Å². The van der Waals surface area contributed by atoms with Gasteiger partial charge >= 0.3 is 0 Å². The first-order chi connectivity index (χ1) is 11.3. The molecule has 0 fully saturated rings. The van der Waals surface area contributed by atoms with Gasteiger partial charge in [-0.15, -0.1) is 24.0 Å². The highest BCUT2D eigenvalue weighted by molar-refractivity contribution is 14.0. The van der Waals surface area contributed by atoms with Crippen LogP contribution in [-0.4, -0.2) is 37.1 Å². The van der Waals surface area contributed by atoms with Gasteiger partial charge in [0.05, 0.1) is 6.54 Å². The van der Waals surface area contributed by atoms with Gasteiger partial charge < -0.3 is 20.7 Å². The number of amides is 1. The minimum atomic E-state index is -0.121. The van der Waals surface area contributed by atoms with Gasteiger partial charge in [0, 0.05) is 18.6 Å². The Morgan fingerprint density at radius 3 is 2.44 bits per heavy atom. The standard InChI is InChI=1S/C18H30N4O2.HI/c1-6-19-16(23)13-24-15-10-8-9-14(11-15)12-21-17(20-7-2)22-18(3,4)5;/h8-11H,6-7,12-13H2,1-5H3,(H,19,23)(H2,20,21,22);1H. The fourth-order valence-electron chi connectivity index (χ4n) is 1.96. The molecule has 0 saturated heterocycles. The Morgan fingerprint density at radius 2 is 1.84 bits per heavy atom. The van der Waals surface area contributed by atoms with E-state index in [2.05, 4.69) is 41.7 Å². The number of nitrogens with zero attached hydrogens (tertiary/aromatic N) is 1. The molecule has 0 aliphatic rings. The largest absolute Gasteiger partial charge is 0.484 e. The molecule has 25 heavy (non-hydrogen) atoms. The number of carbonyl (C=O) groups is 1. The smallest absolute Gasteiger partial charge is 0.257 e. The second-order valence-electron chi connectivity index (χ2n) is 6.46. The van der Waals surface area contributed by atoms with Crippen molar-refractivity contribution in [3.05, 3.63) is 29.8 Å². The third kappa shape index (κ3) is 10.9. The molecule has 1 rings (SSSR count). The zero-order chi connectivity index (χ0) is 18.0. The van der Waals surface area contributed by atoms with Crippen molar-refractivity contribution in [2.24, 2.45) is 4.99 Å². The van der Waals surface area contributed by atoms with Crippen molar-refractivity contribution >= 4 is 35.8 Å². The lowest BCUT2D eigenvalue weighted by Gasteiger charge is -2.23. The maximum Gasteiger partial charge on any atom is 0.257 e. The molecule has 0 radical (unpaired) electrons. The van der Waals surface area contributed by atoms with Crippen LogP contribution in [0.15, 0.2) is 29.3 Å². The first-order valence-corrected chi connectivity index (χ1v) is 8.39. The fourth-order valence-corrected chi connectivity index (χ4v) is 1.96. The lowest BCUT2D eigenvalue weighted by molar-refractivity contribution is -0.122. The molecule has 7 heteroatoms. The number of halogens is 1. The van der Waals surface area contributed by atoms with Crippen LogP contribution < -0.4 is 20.7 Å². The molecular formula is C18H31IN4O2. The summed E-state index contributed by atoms with van der Waals surface area (Å²) < 4.78 is 5.50. The zero-order valence-corrected chi connectivity index (χ0v) is 18.1. The highest BCUT2D eigenvalue weighted by Gasteiger charge is 2.11. The third-order valence-electron chi connectivity index (χ3n) is 2.90. The van der Waals surface area contributed by atoms with Crippen molar-refractivity contribution in [3.8, 4) is 5.75 Å². The van der Waals surface area contributed by atoms with Gasteiger partial charge in [0.15, 0.2) is 12.6 Å². The van der Waals surface area contributed by atoms with Crippen molar-refractivity contribution < 1.29 is 9.53 Å². The maximum absolute atomic E-state index is 11.4. The molecule has 1 amide bonds. The molecule has 0 aliphatic carbocycles. The van der Waals surface area contributed by atoms with E-state index < -0.39 is 0 Å². The summed E-state index contributed by atoms with van der Waals surface area (Å²) in [5.41, 5.74) is 0.966. The van der Waals surface area contributed by atoms with Crippen LogP contribution in [0.5, 0.6) is 5.75 Å². The fraction of sp³-hybridized carbons (Fsp3) is 0.556. The molecule has 0 aromatic heterocycles. The molecule has 0 aliphatic heterocycles. The number of aliphatic imine (C=N–C) groups is 1. The van der Waals surface area contributed by atoms with Crippen LogP contribution in [0.3, 0.4) is 0 Å². The van der Waals surface area contributed by atoms with Gasteiger partial charge in [-0.05, 0) is 52.3 Å². The van der Waals surface area contributed by atoms with Crippen LogP contribution in [-0.2, 0) is 11.3 Å². The van der Waals surface area contributed by atoms with Crippen LogP contribution in [0.25, 0.3) is 0 Å². The van der Waals surface area contributed by atoms with Gasteiger partial charge in [0.25, 0.3) is 5.91 Å². The van der Waals surface area contributed by atoms with E-state index in [1.54, 1.807) is 0 Å². The molecule has 0 spiro atoms. The Kier molecular flexibility index (Phi) is 11.2. The number of nitrogens with one attached hydrogen (secondary N) is 3. The van der Waals surface area contributed by atoms with Crippen LogP contribution in [0.1, 0.15) is 40.2 Å². The number of carbonyl (C=O) groups excluding carboxylic acids is 1. The molecule has 0 bridgehead atoms. The third-order valence-corrected chi connectivity index (χ3v) is 2.90. The Balaban J connectivity index is 0.00000576. The second kappa shape index (κ2) is 11.9. The van der Waals surface area contributed by atoms with Gasteiger partial charge in [-0.2, -0.15) is 0 Å². The summed E-state index contributed by atoms with van der Waals surface area (Å²) in [6.45, 7) is 12.2. The summed E-state index contributed by atoms with van der Waals surface area (Å²) in [4.78, 5) is 16.0. The SMILES string of the molecule is CCNC(=O)COc1cccc(CN=C(NCC)NC(C)(C)C)c1.I. The van der Waals surface area contributed by atoms with E-state index in [1.807, 2.05) is 38.1 Å². The molecular weight excluding hydrogens is 431 g/mol. The molecule has 0 heterocycles. The van der Waals surface area contributed by atoms with Gasteiger partial charge in [-0.25, -0.2) is 4.99 Å². The Bertz CT molecular complexity index is 556. The van der Waals surface area contributed by atoms with Crippen LogP contribution in [0.4, 0.5) is 0 Å². The normalized spacial score (nSPS) is 11.3. The van der Waals surface area contributed by atoms with Gasteiger partial charge in [-0.1, -0.05) is 12.1 Å². The predicted molar refractivity (Wildman–Crippen MR) is 114 cm³/mol. The topological polar surface area (TPSA) is 74.8 Å². The van der Waals surface area contributed by atoms with Crippen molar-refractivity contribution in [2.45, 2.75) is 46.7 Å². The first-order valence-electron chi connectivity index (χ1n) is 8.39. The Morgan fingerprint density at radius 1 is 1.16 bits per heavy atom. The molecule has 0 unspecified atom stereocenters. The van der Waals surface area contributed by atoms with E-state index >= 15 is 0 Å². The summed E-state index contributed by atoms with van der Waals surface area (Å²) in [6, 6.07) is 7.64. The van der Waals surface area contributed by atoms with Crippen LogP contribution in [0, 0.1) is 0 Å². The van der Waals surface area contributed by atoms with E-state index in [1.165, 1.54) is 0 Å².